The van der Waals surface area contributed by atoms with Gasteiger partial charge >= 0.3 is 5.97 Å². The van der Waals surface area contributed by atoms with Crippen LogP contribution in [0.5, 0.6) is 0 Å². The van der Waals surface area contributed by atoms with Gasteiger partial charge in [0.1, 0.15) is 0 Å². The molecule has 1 aliphatic heterocycles. The molecule has 0 bridgehead atoms. The number of pyridine rings is 1. The third-order valence-corrected chi connectivity index (χ3v) is 2.95. The van der Waals surface area contributed by atoms with Crippen molar-refractivity contribution in [2.45, 2.75) is 32.6 Å². The number of morpholine rings is 1. The third kappa shape index (κ3) is 3.27. The highest BCUT2D eigenvalue weighted by molar-refractivity contribution is 5.87. The molecule has 2 atom stereocenters. The molecule has 0 radical (unpaired) electrons. The summed E-state index contributed by atoms with van der Waals surface area (Å²) >= 11 is 0. The first-order valence-electron chi connectivity index (χ1n) is 6.10. The summed E-state index contributed by atoms with van der Waals surface area (Å²) in [6.45, 7) is 6.62. The van der Waals surface area contributed by atoms with Gasteiger partial charge in [-0.05, 0) is 26.0 Å². The van der Waals surface area contributed by atoms with E-state index >= 15 is 0 Å². The van der Waals surface area contributed by atoms with Crippen molar-refractivity contribution in [1.82, 2.24) is 9.88 Å². The van der Waals surface area contributed by atoms with Crippen molar-refractivity contribution >= 4 is 5.97 Å². The molecule has 0 spiro atoms. The summed E-state index contributed by atoms with van der Waals surface area (Å²) in [5.41, 5.74) is 1.11. The van der Waals surface area contributed by atoms with E-state index in [-0.39, 0.29) is 17.8 Å². The fourth-order valence-corrected chi connectivity index (χ4v) is 2.29. The minimum atomic E-state index is -0.942. The Morgan fingerprint density at radius 3 is 2.61 bits per heavy atom. The maximum absolute atomic E-state index is 10.7. The van der Waals surface area contributed by atoms with Gasteiger partial charge in [-0.1, -0.05) is 0 Å². The first-order valence-corrected chi connectivity index (χ1v) is 6.10. The highest BCUT2D eigenvalue weighted by Crippen LogP contribution is 2.13. The van der Waals surface area contributed by atoms with E-state index in [1.807, 2.05) is 0 Å². The van der Waals surface area contributed by atoms with E-state index < -0.39 is 5.97 Å². The number of carbonyl (C=O) groups is 1. The molecule has 1 aliphatic rings. The number of carboxylic acids is 1. The first kappa shape index (κ1) is 13.0. The molecule has 1 aromatic heterocycles. The Kier molecular flexibility index (Phi) is 3.93. The fraction of sp³-hybridized carbons (Fsp3) is 0.538. The van der Waals surface area contributed by atoms with Gasteiger partial charge in [0.15, 0.2) is 0 Å². The summed E-state index contributed by atoms with van der Waals surface area (Å²) in [7, 11) is 0. The third-order valence-electron chi connectivity index (χ3n) is 2.95. The zero-order valence-electron chi connectivity index (χ0n) is 10.7. The molecule has 0 aliphatic carbocycles. The second-order valence-electron chi connectivity index (χ2n) is 4.79. The number of hydrogen-bond donors (Lipinski definition) is 1. The van der Waals surface area contributed by atoms with Crippen molar-refractivity contribution in [2.75, 3.05) is 13.1 Å². The number of hydrogen-bond acceptors (Lipinski definition) is 4. The molecule has 2 unspecified atom stereocenters. The average molecular weight is 250 g/mol. The number of ether oxygens (including phenoxy) is 1. The molecular weight excluding hydrogens is 232 g/mol. The van der Waals surface area contributed by atoms with Crippen LogP contribution in [0.15, 0.2) is 18.3 Å². The van der Waals surface area contributed by atoms with E-state index in [0.717, 1.165) is 25.3 Å². The molecule has 0 aromatic carbocycles. The lowest BCUT2D eigenvalue weighted by Gasteiger charge is -2.35. The van der Waals surface area contributed by atoms with Crippen molar-refractivity contribution in [1.29, 1.82) is 0 Å². The summed E-state index contributed by atoms with van der Waals surface area (Å²) in [5.74, 6) is -0.942. The maximum Gasteiger partial charge on any atom is 0.337 e. The van der Waals surface area contributed by atoms with Crippen molar-refractivity contribution in [2.24, 2.45) is 0 Å². The minimum absolute atomic E-state index is 0.225. The number of carboxylic acid groups (broad SMARTS) is 1. The smallest absolute Gasteiger partial charge is 0.337 e. The van der Waals surface area contributed by atoms with Crippen LogP contribution in [-0.2, 0) is 11.3 Å². The zero-order valence-corrected chi connectivity index (χ0v) is 10.7. The predicted octanol–water partition coefficient (Wildman–Crippen LogP) is 1.39. The number of rotatable bonds is 3. The second kappa shape index (κ2) is 5.46. The fourth-order valence-electron chi connectivity index (χ4n) is 2.29. The van der Waals surface area contributed by atoms with Gasteiger partial charge in [0.2, 0.25) is 0 Å². The van der Waals surface area contributed by atoms with Crippen LogP contribution in [0.3, 0.4) is 0 Å². The molecule has 1 fully saturated rings. The summed E-state index contributed by atoms with van der Waals surface area (Å²) < 4.78 is 5.66. The standard InChI is InChI=1S/C13H18N2O3/c1-9-6-15(7-10(2)18-9)8-12-4-3-11(5-14-12)13(16)17/h3-5,9-10H,6-8H2,1-2H3,(H,16,17). The minimum Gasteiger partial charge on any atom is -0.478 e. The van der Waals surface area contributed by atoms with Crippen molar-refractivity contribution in [3.05, 3.63) is 29.6 Å². The Morgan fingerprint density at radius 2 is 2.11 bits per heavy atom. The Bertz CT molecular complexity index is 409. The molecule has 5 heteroatoms. The molecular formula is C13H18N2O3. The second-order valence-corrected chi connectivity index (χ2v) is 4.79. The van der Waals surface area contributed by atoms with Crippen molar-refractivity contribution < 1.29 is 14.6 Å². The molecule has 98 valence electrons. The average Bonchev–Trinajstić information content (AvgIpc) is 2.28. The van der Waals surface area contributed by atoms with E-state index in [0.29, 0.717) is 0 Å². The van der Waals surface area contributed by atoms with E-state index in [4.69, 9.17) is 9.84 Å². The predicted molar refractivity (Wildman–Crippen MR) is 66.5 cm³/mol. The molecule has 0 amide bonds. The van der Waals surface area contributed by atoms with Gasteiger partial charge in [-0.3, -0.25) is 9.88 Å². The van der Waals surface area contributed by atoms with Gasteiger partial charge in [0, 0.05) is 25.8 Å². The van der Waals surface area contributed by atoms with Gasteiger partial charge in [0.25, 0.3) is 0 Å². The van der Waals surface area contributed by atoms with Gasteiger partial charge in [-0.2, -0.15) is 0 Å². The lowest BCUT2D eigenvalue weighted by atomic mass is 10.2. The first-order chi connectivity index (χ1) is 8.54. The largest absolute Gasteiger partial charge is 0.478 e. The van der Waals surface area contributed by atoms with Crippen LogP contribution in [-0.4, -0.2) is 46.3 Å². The topological polar surface area (TPSA) is 62.7 Å². The van der Waals surface area contributed by atoms with Gasteiger partial charge in [-0.15, -0.1) is 0 Å². The van der Waals surface area contributed by atoms with Crippen LogP contribution < -0.4 is 0 Å². The van der Waals surface area contributed by atoms with Gasteiger partial charge in [-0.25, -0.2) is 4.79 Å². The molecule has 1 N–H and O–H groups in total. The quantitative estimate of drug-likeness (QED) is 0.878. The molecule has 2 heterocycles. The summed E-state index contributed by atoms with van der Waals surface area (Å²) in [4.78, 5) is 17.2. The SMILES string of the molecule is CC1CN(Cc2ccc(C(=O)O)cn2)CC(C)O1. The van der Waals surface area contributed by atoms with Crippen LogP contribution in [0.25, 0.3) is 0 Å². The Balaban J connectivity index is 1.98. The maximum atomic E-state index is 10.7. The highest BCUT2D eigenvalue weighted by atomic mass is 16.5. The zero-order chi connectivity index (χ0) is 13.1. The Morgan fingerprint density at radius 1 is 1.44 bits per heavy atom. The number of nitrogens with zero attached hydrogens (tertiary/aromatic N) is 2. The van der Waals surface area contributed by atoms with Crippen LogP contribution in [0, 0.1) is 0 Å². The van der Waals surface area contributed by atoms with Crippen LogP contribution in [0.4, 0.5) is 0 Å². The van der Waals surface area contributed by atoms with E-state index in [9.17, 15) is 4.79 Å². The molecule has 5 nitrogen and oxygen atoms in total. The Hall–Kier alpha value is -1.46. The van der Waals surface area contributed by atoms with E-state index in [1.165, 1.54) is 6.20 Å². The number of aromatic carboxylic acids is 1. The van der Waals surface area contributed by atoms with E-state index in [2.05, 4.69) is 23.7 Å². The molecule has 1 saturated heterocycles. The molecule has 1 aromatic rings. The summed E-state index contributed by atoms with van der Waals surface area (Å²) in [6, 6.07) is 3.37. The van der Waals surface area contributed by atoms with E-state index in [1.54, 1.807) is 12.1 Å². The normalized spacial score (nSPS) is 25.0. The molecule has 0 saturated carbocycles. The van der Waals surface area contributed by atoms with Crippen molar-refractivity contribution in [3.63, 3.8) is 0 Å². The van der Waals surface area contributed by atoms with Crippen molar-refractivity contribution in [3.8, 4) is 0 Å². The summed E-state index contributed by atoms with van der Waals surface area (Å²) in [5, 5.41) is 8.80. The van der Waals surface area contributed by atoms with Crippen LogP contribution in [0.2, 0.25) is 0 Å². The lowest BCUT2D eigenvalue weighted by Crippen LogP contribution is -2.44. The number of aromatic nitrogens is 1. The lowest BCUT2D eigenvalue weighted by molar-refractivity contribution is -0.0707. The van der Waals surface area contributed by atoms with Crippen LogP contribution >= 0.6 is 0 Å². The molecule has 2 rings (SSSR count). The van der Waals surface area contributed by atoms with Gasteiger partial charge < -0.3 is 9.84 Å². The summed E-state index contributed by atoms with van der Waals surface area (Å²) in [6.07, 6.45) is 1.87. The van der Waals surface area contributed by atoms with Gasteiger partial charge in [0.05, 0.1) is 23.5 Å². The molecule has 18 heavy (non-hydrogen) atoms. The Labute approximate surface area is 106 Å². The highest BCUT2D eigenvalue weighted by Gasteiger charge is 2.22. The monoisotopic (exact) mass is 250 g/mol. The van der Waals surface area contributed by atoms with Crippen LogP contribution in [0.1, 0.15) is 29.9 Å².